The van der Waals surface area contributed by atoms with Crippen molar-refractivity contribution in [2.24, 2.45) is 0 Å². The van der Waals surface area contributed by atoms with E-state index in [1.54, 1.807) is 24.3 Å². The molecule has 0 saturated heterocycles. The van der Waals surface area contributed by atoms with Gasteiger partial charge in [-0.05, 0) is 61.6 Å². The Morgan fingerprint density at radius 2 is 1.00 bits per heavy atom. The fraction of sp³-hybridized carbons (Fsp3) is 0.405. The standard InChI is InChI=1S/C36H36N4O6.C6H14/c1-24(41)46-23-22-38(19-21-40-35(44)29-14-5-10-26-11-6-15-30(32(26)29)36(40)45)17-7-16-37(2)18-20-39-33(42)27-12-3-8-25-9-4-13-28(31(25)27)34(39)43;1-3-5-6-4-2/h3-6,8-15H,7,16-23H2,1-2H3;3-6H2,1-2H3. The summed E-state index contributed by atoms with van der Waals surface area (Å²) in [6.07, 6.45) is 6.28. The molecular formula is C42H50N4O6. The molecule has 2 aliphatic heterocycles. The number of likely N-dealkylation sites (N-methyl/N-ethyl adjacent to an activating group) is 1. The molecule has 0 bridgehead atoms. The van der Waals surface area contributed by atoms with Gasteiger partial charge in [0.1, 0.15) is 6.61 Å². The first-order valence-corrected chi connectivity index (χ1v) is 18.5. The third-order valence-electron chi connectivity index (χ3n) is 9.74. The molecule has 10 nitrogen and oxygen atoms in total. The number of hydrogen-bond acceptors (Lipinski definition) is 8. The maximum Gasteiger partial charge on any atom is 0.302 e. The molecule has 4 aromatic rings. The van der Waals surface area contributed by atoms with Gasteiger partial charge in [-0.25, -0.2) is 0 Å². The Morgan fingerprint density at radius 3 is 1.40 bits per heavy atom. The van der Waals surface area contributed by atoms with Crippen molar-refractivity contribution in [3.05, 3.63) is 95.1 Å². The smallest absolute Gasteiger partial charge is 0.302 e. The second kappa shape index (κ2) is 18.0. The second-order valence-electron chi connectivity index (χ2n) is 13.5. The Morgan fingerprint density at radius 1 is 0.577 bits per heavy atom. The highest BCUT2D eigenvalue weighted by Crippen LogP contribution is 2.31. The lowest BCUT2D eigenvalue weighted by Crippen LogP contribution is -2.45. The average Bonchev–Trinajstić information content (AvgIpc) is 3.14. The van der Waals surface area contributed by atoms with E-state index in [-0.39, 0.29) is 49.3 Å². The molecule has 10 heteroatoms. The number of carbonyl (C=O) groups excluding carboxylic acids is 5. The monoisotopic (exact) mass is 706 g/mol. The van der Waals surface area contributed by atoms with E-state index in [0.29, 0.717) is 65.8 Å². The summed E-state index contributed by atoms with van der Waals surface area (Å²) >= 11 is 0. The number of amides is 4. The van der Waals surface area contributed by atoms with E-state index in [1.807, 2.05) is 55.6 Å². The topological polar surface area (TPSA) is 108 Å². The number of benzene rings is 4. The van der Waals surface area contributed by atoms with Gasteiger partial charge in [-0.2, -0.15) is 0 Å². The molecule has 0 radical (unpaired) electrons. The van der Waals surface area contributed by atoms with Crippen molar-refractivity contribution < 1.29 is 28.7 Å². The molecule has 6 rings (SSSR count). The minimum absolute atomic E-state index is 0.197. The zero-order valence-electron chi connectivity index (χ0n) is 30.9. The summed E-state index contributed by atoms with van der Waals surface area (Å²) < 4.78 is 5.18. The number of esters is 1. The minimum atomic E-state index is -0.369. The lowest BCUT2D eigenvalue weighted by Gasteiger charge is -2.30. The van der Waals surface area contributed by atoms with Gasteiger partial charge in [-0.1, -0.05) is 88.1 Å². The van der Waals surface area contributed by atoms with Crippen LogP contribution in [0.25, 0.3) is 21.5 Å². The summed E-state index contributed by atoms with van der Waals surface area (Å²) in [6, 6.07) is 22.0. The van der Waals surface area contributed by atoms with E-state index in [0.717, 1.165) is 17.2 Å². The molecule has 0 atom stereocenters. The Balaban J connectivity index is 0.000000803. The van der Waals surface area contributed by atoms with Gasteiger partial charge < -0.3 is 9.64 Å². The van der Waals surface area contributed by atoms with Crippen LogP contribution in [0.5, 0.6) is 0 Å². The van der Waals surface area contributed by atoms with Crippen LogP contribution in [-0.4, -0.2) is 109 Å². The van der Waals surface area contributed by atoms with Crippen molar-refractivity contribution in [2.75, 3.05) is 59.5 Å². The van der Waals surface area contributed by atoms with Crippen LogP contribution in [0.3, 0.4) is 0 Å². The van der Waals surface area contributed by atoms with Crippen LogP contribution in [0.4, 0.5) is 0 Å². The highest BCUT2D eigenvalue weighted by atomic mass is 16.5. The van der Waals surface area contributed by atoms with E-state index >= 15 is 0 Å². The Kier molecular flexibility index (Phi) is 13.3. The van der Waals surface area contributed by atoms with Crippen LogP contribution < -0.4 is 0 Å². The third-order valence-corrected chi connectivity index (χ3v) is 9.74. The normalized spacial score (nSPS) is 13.7. The molecular weight excluding hydrogens is 656 g/mol. The molecule has 0 saturated carbocycles. The van der Waals surface area contributed by atoms with E-state index < -0.39 is 0 Å². The van der Waals surface area contributed by atoms with Crippen LogP contribution in [0.1, 0.15) is 94.3 Å². The summed E-state index contributed by atoms with van der Waals surface area (Å²) in [5.74, 6) is -1.55. The number of rotatable bonds is 16. The lowest BCUT2D eigenvalue weighted by atomic mass is 9.94. The summed E-state index contributed by atoms with van der Waals surface area (Å²) in [5, 5.41) is 3.15. The summed E-state index contributed by atoms with van der Waals surface area (Å²) in [4.78, 5) is 71.4. The lowest BCUT2D eigenvalue weighted by molar-refractivity contribution is -0.141. The largest absolute Gasteiger partial charge is 0.465 e. The molecule has 0 spiro atoms. The molecule has 4 aromatic carbocycles. The zero-order valence-corrected chi connectivity index (χ0v) is 30.9. The molecule has 2 heterocycles. The number of ether oxygens (including phenoxy) is 1. The van der Waals surface area contributed by atoms with Crippen LogP contribution in [0, 0.1) is 0 Å². The van der Waals surface area contributed by atoms with Crippen molar-refractivity contribution in [1.82, 2.24) is 19.6 Å². The van der Waals surface area contributed by atoms with Crippen molar-refractivity contribution in [2.45, 2.75) is 52.9 Å². The van der Waals surface area contributed by atoms with E-state index in [2.05, 4.69) is 23.6 Å². The van der Waals surface area contributed by atoms with Gasteiger partial charge in [0.2, 0.25) is 0 Å². The van der Waals surface area contributed by atoms with Gasteiger partial charge in [0.05, 0.1) is 0 Å². The predicted molar refractivity (Wildman–Crippen MR) is 204 cm³/mol. The first-order chi connectivity index (χ1) is 25.2. The first kappa shape index (κ1) is 38.3. The van der Waals surface area contributed by atoms with Gasteiger partial charge in [0.25, 0.3) is 23.6 Å². The molecule has 0 fully saturated rings. The molecule has 52 heavy (non-hydrogen) atoms. The first-order valence-electron chi connectivity index (χ1n) is 18.5. The Bertz CT molecular complexity index is 1840. The van der Waals surface area contributed by atoms with Gasteiger partial charge in [0.15, 0.2) is 0 Å². The highest BCUT2D eigenvalue weighted by Gasteiger charge is 2.34. The van der Waals surface area contributed by atoms with Crippen LogP contribution >= 0.6 is 0 Å². The van der Waals surface area contributed by atoms with Crippen molar-refractivity contribution >= 4 is 51.1 Å². The summed E-state index contributed by atoms with van der Waals surface area (Å²) in [7, 11) is 1.94. The summed E-state index contributed by atoms with van der Waals surface area (Å²) in [5.41, 5.74) is 2.13. The SMILES string of the molecule is CC(=O)OCCN(CCCN(C)CCN1C(=O)c2cccc3cccc(c23)C1=O)CCN1C(=O)c2cccc3cccc(c23)C1=O.CCCCCC. The molecule has 0 aromatic heterocycles. The Labute approximate surface area is 306 Å². The number of nitrogens with zero attached hydrogens (tertiary/aromatic N) is 4. The fourth-order valence-corrected chi connectivity index (χ4v) is 6.91. The molecule has 274 valence electrons. The highest BCUT2D eigenvalue weighted by molar-refractivity contribution is 6.26. The summed E-state index contributed by atoms with van der Waals surface area (Å²) in [6.45, 7) is 9.18. The average molecular weight is 707 g/mol. The number of hydrogen-bond donors (Lipinski definition) is 0. The van der Waals surface area contributed by atoms with Crippen LogP contribution in [0.2, 0.25) is 0 Å². The van der Waals surface area contributed by atoms with Crippen LogP contribution in [-0.2, 0) is 9.53 Å². The van der Waals surface area contributed by atoms with E-state index in [4.69, 9.17) is 4.74 Å². The Hall–Kier alpha value is -4.93. The van der Waals surface area contributed by atoms with Gasteiger partial charge in [-0.15, -0.1) is 0 Å². The number of unbranched alkanes of at least 4 members (excludes halogenated alkanes) is 3. The fourth-order valence-electron chi connectivity index (χ4n) is 6.91. The van der Waals surface area contributed by atoms with E-state index in [1.165, 1.54) is 42.4 Å². The van der Waals surface area contributed by atoms with Gasteiger partial charge in [-0.3, -0.25) is 38.7 Å². The predicted octanol–water partition coefficient (Wildman–Crippen LogP) is 6.66. The van der Waals surface area contributed by atoms with Crippen molar-refractivity contribution in [3.63, 3.8) is 0 Å². The van der Waals surface area contributed by atoms with Gasteiger partial charge >= 0.3 is 5.97 Å². The minimum Gasteiger partial charge on any atom is -0.465 e. The quantitative estimate of drug-likeness (QED) is 0.0724. The molecule has 2 aliphatic rings. The number of imide groups is 2. The molecule has 0 N–H and O–H groups in total. The number of carbonyl (C=O) groups is 5. The zero-order chi connectivity index (χ0) is 37.2. The maximum absolute atomic E-state index is 13.4. The van der Waals surface area contributed by atoms with Crippen molar-refractivity contribution in [1.29, 1.82) is 0 Å². The maximum atomic E-state index is 13.4. The van der Waals surface area contributed by atoms with E-state index in [9.17, 15) is 24.0 Å². The second-order valence-corrected chi connectivity index (χ2v) is 13.5. The third kappa shape index (κ3) is 8.74. The van der Waals surface area contributed by atoms with Gasteiger partial charge in [0, 0.05) is 72.7 Å². The molecule has 4 amide bonds. The molecule has 0 unspecified atom stereocenters. The van der Waals surface area contributed by atoms with Crippen molar-refractivity contribution in [3.8, 4) is 0 Å². The molecule has 0 aliphatic carbocycles. The van der Waals surface area contributed by atoms with Crippen LogP contribution in [0.15, 0.2) is 72.8 Å².